The first kappa shape index (κ1) is 14.8. The van der Waals surface area contributed by atoms with E-state index in [0.717, 1.165) is 11.3 Å². The molecule has 6 heteroatoms. The van der Waals surface area contributed by atoms with Crippen LogP contribution < -0.4 is 10.2 Å². The van der Waals surface area contributed by atoms with Crippen LogP contribution in [0.1, 0.15) is 12.5 Å². The van der Waals surface area contributed by atoms with Crippen LogP contribution in [0.25, 0.3) is 0 Å². The summed E-state index contributed by atoms with van der Waals surface area (Å²) >= 11 is 0. The summed E-state index contributed by atoms with van der Waals surface area (Å²) in [6, 6.07) is 7.12. The van der Waals surface area contributed by atoms with Crippen molar-refractivity contribution in [2.45, 2.75) is 25.6 Å². The second kappa shape index (κ2) is 6.61. The van der Waals surface area contributed by atoms with E-state index in [2.05, 4.69) is 10.3 Å². The third-order valence-corrected chi connectivity index (χ3v) is 2.22. The summed E-state index contributed by atoms with van der Waals surface area (Å²) in [6.45, 7) is 0.459. The summed E-state index contributed by atoms with van der Waals surface area (Å²) in [5.41, 5.74) is 3.36. The molecular formula is C12H16F3NO2. The van der Waals surface area contributed by atoms with Crippen molar-refractivity contribution in [1.29, 1.82) is 0 Å². The molecule has 0 radical (unpaired) electrons. The molecule has 18 heavy (non-hydrogen) atoms. The molecule has 0 saturated heterocycles. The summed E-state index contributed by atoms with van der Waals surface area (Å²) in [6.07, 6.45) is -3.74. The molecule has 1 atom stereocenters. The SMILES string of the molecule is COc1ccc(CC(C)NOCC(F)(F)F)cc1. The first-order chi connectivity index (χ1) is 8.40. The average molecular weight is 263 g/mol. The smallest absolute Gasteiger partial charge is 0.413 e. The van der Waals surface area contributed by atoms with E-state index in [1.807, 2.05) is 12.1 Å². The van der Waals surface area contributed by atoms with E-state index >= 15 is 0 Å². The van der Waals surface area contributed by atoms with Crippen LogP contribution in [0.15, 0.2) is 24.3 Å². The fourth-order valence-corrected chi connectivity index (χ4v) is 1.42. The summed E-state index contributed by atoms with van der Waals surface area (Å²) in [7, 11) is 1.57. The van der Waals surface area contributed by atoms with Crippen LogP contribution >= 0.6 is 0 Å². The Balaban J connectivity index is 2.32. The minimum Gasteiger partial charge on any atom is -0.497 e. The molecule has 1 rings (SSSR count). The molecule has 0 aliphatic rings. The van der Waals surface area contributed by atoms with Crippen LogP contribution in [0.3, 0.4) is 0 Å². The molecule has 0 aliphatic heterocycles. The zero-order chi connectivity index (χ0) is 13.6. The van der Waals surface area contributed by atoms with Crippen molar-refractivity contribution in [3.05, 3.63) is 29.8 Å². The predicted octanol–water partition coefficient (Wildman–Crippen LogP) is 2.71. The van der Waals surface area contributed by atoms with Gasteiger partial charge in [0.25, 0.3) is 0 Å². The van der Waals surface area contributed by atoms with E-state index in [4.69, 9.17) is 4.74 Å². The minimum absolute atomic E-state index is 0.208. The van der Waals surface area contributed by atoms with Gasteiger partial charge in [-0.1, -0.05) is 12.1 Å². The summed E-state index contributed by atoms with van der Waals surface area (Å²) in [5.74, 6) is 0.743. The summed E-state index contributed by atoms with van der Waals surface area (Å²) in [4.78, 5) is 4.38. The molecular weight excluding hydrogens is 247 g/mol. The highest BCUT2D eigenvalue weighted by Gasteiger charge is 2.27. The number of nitrogens with one attached hydrogen (secondary N) is 1. The van der Waals surface area contributed by atoms with Gasteiger partial charge in [0.2, 0.25) is 0 Å². The Labute approximate surface area is 104 Å². The van der Waals surface area contributed by atoms with E-state index in [0.29, 0.717) is 6.42 Å². The molecule has 0 heterocycles. The van der Waals surface area contributed by atoms with Gasteiger partial charge in [0.05, 0.1) is 7.11 Å². The van der Waals surface area contributed by atoms with Crippen molar-refractivity contribution in [2.24, 2.45) is 0 Å². The van der Waals surface area contributed by atoms with Gasteiger partial charge in [0, 0.05) is 6.04 Å². The van der Waals surface area contributed by atoms with Crippen molar-refractivity contribution in [3.63, 3.8) is 0 Å². The lowest BCUT2D eigenvalue weighted by molar-refractivity contribution is -0.192. The predicted molar refractivity (Wildman–Crippen MR) is 61.3 cm³/mol. The van der Waals surface area contributed by atoms with Gasteiger partial charge in [-0.2, -0.15) is 18.7 Å². The molecule has 0 aromatic heterocycles. The third-order valence-electron chi connectivity index (χ3n) is 2.22. The van der Waals surface area contributed by atoms with Gasteiger partial charge < -0.3 is 4.74 Å². The first-order valence-corrected chi connectivity index (χ1v) is 5.47. The van der Waals surface area contributed by atoms with E-state index in [1.165, 1.54) is 0 Å². The van der Waals surface area contributed by atoms with Gasteiger partial charge in [-0.3, -0.25) is 4.84 Å². The number of ether oxygens (including phenoxy) is 1. The first-order valence-electron chi connectivity index (χ1n) is 5.47. The van der Waals surface area contributed by atoms with Crippen LogP contribution in [0.2, 0.25) is 0 Å². The lowest BCUT2D eigenvalue weighted by Gasteiger charge is -2.15. The lowest BCUT2D eigenvalue weighted by Crippen LogP contribution is -2.32. The Bertz CT molecular complexity index is 351. The highest BCUT2D eigenvalue weighted by atomic mass is 19.4. The number of hydroxylamine groups is 1. The molecule has 1 unspecified atom stereocenters. The Morgan fingerprint density at radius 3 is 2.33 bits per heavy atom. The Morgan fingerprint density at radius 2 is 1.83 bits per heavy atom. The van der Waals surface area contributed by atoms with Gasteiger partial charge in [0.15, 0.2) is 6.61 Å². The number of hydrogen-bond donors (Lipinski definition) is 1. The molecule has 102 valence electrons. The third kappa shape index (κ3) is 5.88. The molecule has 0 saturated carbocycles. The quantitative estimate of drug-likeness (QED) is 0.800. The zero-order valence-corrected chi connectivity index (χ0v) is 10.3. The zero-order valence-electron chi connectivity index (χ0n) is 10.3. The molecule has 1 aromatic rings. The standard InChI is InChI=1S/C12H16F3NO2/c1-9(16-18-8-12(13,14)15)7-10-3-5-11(17-2)6-4-10/h3-6,9,16H,7-8H2,1-2H3. The largest absolute Gasteiger partial charge is 0.497 e. The van der Waals surface area contributed by atoms with Gasteiger partial charge in [-0.15, -0.1) is 0 Å². The highest BCUT2D eigenvalue weighted by Crippen LogP contribution is 2.15. The normalized spacial score (nSPS) is 13.4. The number of rotatable bonds is 6. The second-order valence-corrected chi connectivity index (χ2v) is 3.97. The average Bonchev–Trinajstić information content (AvgIpc) is 2.28. The van der Waals surface area contributed by atoms with E-state index in [9.17, 15) is 13.2 Å². The molecule has 0 fully saturated rings. The Kier molecular flexibility index (Phi) is 5.43. The molecule has 0 aliphatic carbocycles. The number of methoxy groups -OCH3 is 1. The Morgan fingerprint density at radius 1 is 1.22 bits per heavy atom. The van der Waals surface area contributed by atoms with Crippen molar-refractivity contribution < 1.29 is 22.7 Å². The van der Waals surface area contributed by atoms with Gasteiger partial charge in [-0.25, -0.2) is 0 Å². The second-order valence-electron chi connectivity index (χ2n) is 3.97. The molecule has 3 nitrogen and oxygen atoms in total. The number of benzene rings is 1. The molecule has 0 spiro atoms. The van der Waals surface area contributed by atoms with Crippen LogP contribution in [-0.4, -0.2) is 25.9 Å². The fraction of sp³-hybridized carbons (Fsp3) is 0.500. The Hall–Kier alpha value is -1.27. The highest BCUT2D eigenvalue weighted by molar-refractivity contribution is 5.27. The van der Waals surface area contributed by atoms with E-state index in [-0.39, 0.29) is 6.04 Å². The maximum atomic E-state index is 11.8. The van der Waals surface area contributed by atoms with Crippen molar-refractivity contribution in [1.82, 2.24) is 5.48 Å². The van der Waals surface area contributed by atoms with E-state index < -0.39 is 12.8 Å². The topological polar surface area (TPSA) is 30.5 Å². The maximum absolute atomic E-state index is 11.8. The molecule has 1 aromatic carbocycles. The minimum atomic E-state index is -4.31. The van der Waals surface area contributed by atoms with Gasteiger partial charge >= 0.3 is 6.18 Å². The molecule has 0 amide bonds. The number of alkyl halides is 3. The van der Waals surface area contributed by atoms with E-state index in [1.54, 1.807) is 26.2 Å². The van der Waals surface area contributed by atoms with Crippen LogP contribution in [0, 0.1) is 0 Å². The number of halogens is 3. The molecule has 1 N–H and O–H groups in total. The van der Waals surface area contributed by atoms with Crippen LogP contribution in [-0.2, 0) is 11.3 Å². The van der Waals surface area contributed by atoms with Gasteiger partial charge in [0.1, 0.15) is 5.75 Å². The maximum Gasteiger partial charge on any atom is 0.413 e. The van der Waals surface area contributed by atoms with Crippen molar-refractivity contribution >= 4 is 0 Å². The molecule has 0 bridgehead atoms. The van der Waals surface area contributed by atoms with Crippen LogP contribution in [0.5, 0.6) is 5.75 Å². The lowest BCUT2D eigenvalue weighted by atomic mass is 10.1. The monoisotopic (exact) mass is 263 g/mol. The van der Waals surface area contributed by atoms with Gasteiger partial charge in [-0.05, 0) is 31.0 Å². The summed E-state index contributed by atoms with van der Waals surface area (Å²) in [5, 5.41) is 0. The van der Waals surface area contributed by atoms with Crippen LogP contribution in [0.4, 0.5) is 13.2 Å². The summed E-state index contributed by atoms with van der Waals surface area (Å²) < 4.78 is 40.5. The number of hydrogen-bond acceptors (Lipinski definition) is 3. The van der Waals surface area contributed by atoms with Crippen molar-refractivity contribution in [2.75, 3.05) is 13.7 Å². The van der Waals surface area contributed by atoms with Crippen molar-refractivity contribution in [3.8, 4) is 5.75 Å². The fourth-order valence-electron chi connectivity index (χ4n) is 1.42.